The minimum Gasteiger partial charge on any atom is -0.460 e. The monoisotopic (exact) mass is 471 g/mol. The Hall–Kier alpha value is -4.13. The van der Waals surface area contributed by atoms with Gasteiger partial charge in [-0.05, 0) is 33.3 Å². The lowest BCUT2D eigenvalue weighted by Gasteiger charge is -2.30. The van der Waals surface area contributed by atoms with Crippen LogP contribution in [0.25, 0.3) is 11.4 Å². The number of aromatic nitrogens is 2. The molecule has 0 fully saturated rings. The third-order valence-electron chi connectivity index (χ3n) is 5.71. The van der Waals surface area contributed by atoms with Gasteiger partial charge in [0.25, 0.3) is 0 Å². The first-order chi connectivity index (χ1) is 16.8. The summed E-state index contributed by atoms with van der Waals surface area (Å²) in [6, 6.07) is 19.1. The number of nitrogens with one attached hydrogen (secondary N) is 2. The van der Waals surface area contributed by atoms with Crippen LogP contribution in [0.1, 0.15) is 44.9 Å². The third kappa shape index (κ3) is 5.35. The number of dihydropyridines is 1. The quantitative estimate of drug-likeness (QED) is 0.471. The van der Waals surface area contributed by atoms with Crippen molar-refractivity contribution >= 4 is 11.9 Å². The van der Waals surface area contributed by atoms with Crippen molar-refractivity contribution in [3.63, 3.8) is 0 Å². The van der Waals surface area contributed by atoms with Gasteiger partial charge in [-0.25, -0.2) is 14.6 Å². The summed E-state index contributed by atoms with van der Waals surface area (Å²) in [4.78, 5) is 34.5. The molecular weight excluding hydrogens is 442 g/mol. The fraction of sp³-hybridized carbons (Fsp3) is 0.250. The molecule has 1 aliphatic heterocycles. The van der Waals surface area contributed by atoms with E-state index in [1.165, 1.54) is 0 Å². The van der Waals surface area contributed by atoms with Crippen LogP contribution in [-0.2, 0) is 25.7 Å². The number of allylic oxidation sites excluding steroid dienone is 2. The summed E-state index contributed by atoms with van der Waals surface area (Å²) >= 11 is 0. The van der Waals surface area contributed by atoms with Crippen molar-refractivity contribution in [1.82, 2.24) is 15.3 Å². The molecule has 35 heavy (non-hydrogen) atoms. The number of ether oxygens (including phenoxy) is 2. The van der Waals surface area contributed by atoms with E-state index in [1.807, 2.05) is 60.7 Å². The SMILES string of the molecule is CC1=C(C(=O)OCc2ccccc2)C(c2cnc(-c3ccccc3)[nH]2)C(C(=O)OC(C)C)=C(C)N1. The Morgan fingerprint density at radius 1 is 0.914 bits per heavy atom. The Morgan fingerprint density at radius 2 is 1.51 bits per heavy atom. The molecule has 4 rings (SSSR count). The van der Waals surface area contributed by atoms with E-state index in [9.17, 15) is 9.59 Å². The predicted octanol–water partition coefficient (Wildman–Crippen LogP) is 5.01. The van der Waals surface area contributed by atoms with Crippen LogP contribution in [0.4, 0.5) is 0 Å². The van der Waals surface area contributed by atoms with Crippen molar-refractivity contribution in [1.29, 1.82) is 0 Å². The summed E-state index contributed by atoms with van der Waals surface area (Å²) in [6.07, 6.45) is 1.34. The summed E-state index contributed by atoms with van der Waals surface area (Å²) < 4.78 is 11.2. The van der Waals surface area contributed by atoms with Gasteiger partial charge in [0.1, 0.15) is 12.4 Å². The molecule has 0 aliphatic carbocycles. The molecule has 7 nitrogen and oxygen atoms in total. The number of hydrogen-bond acceptors (Lipinski definition) is 6. The van der Waals surface area contributed by atoms with Gasteiger partial charge in [-0.3, -0.25) is 0 Å². The van der Waals surface area contributed by atoms with Crippen molar-refractivity contribution in [2.45, 2.75) is 46.3 Å². The highest BCUT2D eigenvalue weighted by molar-refractivity contribution is 5.99. The number of imidazole rings is 1. The average Bonchev–Trinajstić information content (AvgIpc) is 3.33. The molecule has 1 aromatic heterocycles. The third-order valence-corrected chi connectivity index (χ3v) is 5.71. The smallest absolute Gasteiger partial charge is 0.337 e. The van der Waals surface area contributed by atoms with Crippen LogP contribution in [0.15, 0.2) is 89.4 Å². The fourth-order valence-corrected chi connectivity index (χ4v) is 4.15. The molecule has 7 heteroatoms. The first kappa shape index (κ1) is 24.0. The Labute approximate surface area is 204 Å². The minimum absolute atomic E-state index is 0.121. The van der Waals surface area contributed by atoms with Gasteiger partial charge in [-0.1, -0.05) is 60.7 Å². The molecule has 3 aromatic rings. The van der Waals surface area contributed by atoms with Crippen LogP contribution in [0, 0.1) is 0 Å². The molecule has 0 bridgehead atoms. The van der Waals surface area contributed by atoms with Gasteiger partial charge >= 0.3 is 11.9 Å². The van der Waals surface area contributed by atoms with Gasteiger partial charge in [-0.2, -0.15) is 0 Å². The molecule has 0 saturated carbocycles. The second-order valence-electron chi connectivity index (χ2n) is 8.70. The molecule has 0 spiro atoms. The molecule has 2 aromatic carbocycles. The number of benzene rings is 2. The van der Waals surface area contributed by atoms with Crippen LogP contribution < -0.4 is 5.32 Å². The fourth-order valence-electron chi connectivity index (χ4n) is 4.15. The van der Waals surface area contributed by atoms with E-state index in [1.54, 1.807) is 33.9 Å². The van der Waals surface area contributed by atoms with Crippen LogP contribution in [0.2, 0.25) is 0 Å². The number of rotatable bonds is 7. The molecule has 1 atom stereocenters. The zero-order valence-corrected chi connectivity index (χ0v) is 20.3. The maximum absolute atomic E-state index is 13.4. The number of hydrogen-bond donors (Lipinski definition) is 2. The highest BCUT2D eigenvalue weighted by Gasteiger charge is 2.39. The second-order valence-corrected chi connectivity index (χ2v) is 8.70. The van der Waals surface area contributed by atoms with Crippen LogP contribution in [0.5, 0.6) is 0 Å². The molecule has 1 unspecified atom stereocenters. The summed E-state index contributed by atoms with van der Waals surface area (Å²) in [5.41, 5.74) is 4.29. The summed E-state index contributed by atoms with van der Waals surface area (Å²) in [6.45, 7) is 7.30. The van der Waals surface area contributed by atoms with E-state index in [-0.39, 0.29) is 12.7 Å². The molecule has 180 valence electrons. The van der Waals surface area contributed by atoms with Crippen LogP contribution in [0.3, 0.4) is 0 Å². The topological polar surface area (TPSA) is 93.3 Å². The number of carbonyl (C=O) groups excluding carboxylic acids is 2. The first-order valence-corrected chi connectivity index (χ1v) is 11.6. The van der Waals surface area contributed by atoms with Crippen molar-refractivity contribution in [3.05, 3.63) is 101 Å². The van der Waals surface area contributed by atoms with E-state index in [2.05, 4.69) is 15.3 Å². The Kier molecular flexibility index (Phi) is 7.15. The lowest BCUT2D eigenvalue weighted by atomic mass is 9.83. The molecular formula is C28H29N3O4. The highest BCUT2D eigenvalue weighted by Crippen LogP contribution is 2.39. The van der Waals surface area contributed by atoms with E-state index in [0.29, 0.717) is 34.1 Å². The van der Waals surface area contributed by atoms with E-state index in [0.717, 1.165) is 11.1 Å². The molecule has 0 saturated heterocycles. The zero-order chi connectivity index (χ0) is 24.9. The zero-order valence-electron chi connectivity index (χ0n) is 20.3. The van der Waals surface area contributed by atoms with E-state index >= 15 is 0 Å². The lowest BCUT2D eigenvalue weighted by Crippen LogP contribution is -2.33. The maximum Gasteiger partial charge on any atom is 0.337 e. The van der Waals surface area contributed by atoms with Crippen molar-refractivity contribution < 1.29 is 19.1 Å². The van der Waals surface area contributed by atoms with E-state index in [4.69, 9.17) is 9.47 Å². The number of esters is 2. The number of carbonyl (C=O) groups is 2. The number of H-pyrrole nitrogens is 1. The normalized spacial score (nSPS) is 15.7. The summed E-state index contributed by atoms with van der Waals surface area (Å²) in [5.74, 6) is -1.09. The van der Waals surface area contributed by atoms with E-state index < -0.39 is 17.9 Å². The predicted molar refractivity (Wildman–Crippen MR) is 133 cm³/mol. The van der Waals surface area contributed by atoms with Gasteiger partial charge in [-0.15, -0.1) is 0 Å². The van der Waals surface area contributed by atoms with Crippen molar-refractivity contribution in [2.24, 2.45) is 0 Å². The van der Waals surface area contributed by atoms with Crippen LogP contribution >= 0.6 is 0 Å². The lowest BCUT2D eigenvalue weighted by molar-refractivity contribution is -0.143. The highest BCUT2D eigenvalue weighted by atomic mass is 16.5. The number of aromatic amines is 1. The average molecular weight is 472 g/mol. The van der Waals surface area contributed by atoms with Gasteiger partial charge in [0.15, 0.2) is 0 Å². The van der Waals surface area contributed by atoms with Gasteiger partial charge < -0.3 is 19.8 Å². The van der Waals surface area contributed by atoms with Gasteiger partial charge in [0.05, 0.1) is 23.2 Å². The van der Waals surface area contributed by atoms with Gasteiger partial charge in [0.2, 0.25) is 0 Å². The Bertz CT molecular complexity index is 1270. The van der Waals surface area contributed by atoms with Crippen LogP contribution in [-0.4, -0.2) is 28.0 Å². The summed E-state index contributed by atoms with van der Waals surface area (Å²) in [7, 11) is 0. The standard InChI is InChI=1S/C28H29N3O4/c1-17(2)35-28(33)24-19(4)30-18(3)23(27(32)34-16-20-11-7-5-8-12-20)25(24)22-15-29-26(31-22)21-13-9-6-10-14-21/h5-15,17,25,30H,16H2,1-4H3,(H,29,31). The molecule has 0 radical (unpaired) electrons. The summed E-state index contributed by atoms with van der Waals surface area (Å²) in [5, 5.41) is 3.17. The minimum atomic E-state index is -0.726. The molecule has 0 amide bonds. The largest absolute Gasteiger partial charge is 0.460 e. The Balaban J connectivity index is 1.73. The van der Waals surface area contributed by atoms with Crippen molar-refractivity contribution in [2.75, 3.05) is 0 Å². The molecule has 2 heterocycles. The first-order valence-electron chi connectivity index (χ1n) is 11.6. The Morgan fingerprint density at radius 3 is 2.14 bits per heavy atom. The van der Waals surface area contributed by atoms with Gasteiger partial charge in [0, 0.05) is 28.8 Å². The maximum atomic E-state index is 13.4. The molecule has 2 N–H and O–H groups in total. The second kappa shape index (κ2) is 10.4. The molecule has 1 aliphatic rings. The number of nitrogens with zero attached hydrogens (tertiary/aromatic N) is 1. The van der Waals surface area contributed by atoms with Crippen molar-refractivity contribution in [3.8, 4) is 11.4 Å².